The van der Waals surface area contributed by atoms with Gasteiger partial charge in [0, 0.05) is 20.1 Å². The summed E-state index contributed by atoms with van der Waals surface area (Å²) in [5, 5.41) is 7.79. The van der Waals surface area contributed by atoms with Crippen LogP contribution in [-0.4, -0.2) is 6.03 Å². The van der Waals surface area contributed by atoms with E-state index >= 15 is 0 Å². The number of carbonyl (C=O) groups is 1. The zero-order chi connectivity index (χ0) is 17.9. The minimum atomic E-state index is -0.327. The summed E-state index contributed by atoms with van der Waals surface area (Å²) in [6.07, 6.45) is 0. The third-order valence-corrected chi connectivity index (χ3v) is 4.68. The van der Waals surface area contributed by atoms with Gasteiger partial charge in [0.15, 0.2) is 0 Å². The maximum atomic E-state index is 12.2. The van der Waals surface area contributed by atoms with Gasteiger partial charge in [0.25, 0.3) is 0 Å². The van der Waals surface area contributed by atoms with E-state index < -0.39 is 0 Å². The topological polar surface area (TPSA) is 41.1 Å². The van der Waals surface area contributed by atoms with Crippen LogP contribution in [0.25, 0.3) is 0 Å². The number of benzene rings is 2. The Morgan fingerprint density at radius 3 is 1.50 bits per heavy atom. The summed E-state index contributed by atoms with van der Waals surface area (Å²) in [6.45, 7) is 3.68. The van der Waals surface area contributed by atoms with Crippen molar-refractivity contribution in [2.75, 3.05) is 0 Å². The molecule has 0 bridgehead atoms. The molecule has 0 aromatic heterocycles. The first-order valence-corrected chi connectivity index (χ1v) is 8.76. The van der Waals surface area contributed by atoms with Crippen LogP contribution < -0.4 is 10.6 Å². The van der Waals surface area contributed by atoms with Crippen LogP contribution >= 0.6 is 46.4 Å². The fraction of sp³-hybridized carbons (Fsp3) is 0.235. The molecule has 0 radical (unpaired) electrons. The minimum Gasteiger partial charge on any atom is -0.332 e. The standard InChI is InChI=1S/C17H16Cl4N2O/c1-9(13-5-3-11(18)7-15(13)20)22-17(24)23-10(2)14-6-4-12(19)8-16(14)21/h3-10H,1-2H3,(H2,22,23,24)/t9-,10-/m0/s1. The lowest BCUT2D eigenvalue weighted by Crippen LogP contribution is -2.38. The van der Waals surface area contributed by atoms with E-state index in [2.05, 4.69) is 10.6 Å². The Morgan fingerprint density at radius 1 is 0.792 bits per heavy atom. The molecule has 0 unspecified atom stereocenters. The van der Waals surface area contributed by atoms with Gasteiger partial charge in [-0.25, -0.2) is 4.79 Å². The minimum absolute atomic E-state index is 0.275. The zero-order valence-corrected chi connectivity index (χ0v) is 16.1. The highest BCUT2D eigenvalue weighted by Crippen LogP contribution is 2.27. The first kappa shape index (κ1) is 19.2. The van der Waals surface area contributed by atoms with Crippen LogP contribution in [0.1, 0.15) is 37.1 Å². The summed E-state index contributed by atoms with van der Waals surface area (Å²) in [4.78, 5) is 12.2. The number of urea groups is 1. The van der Waals surface area contributed by atoms with Crippen LogP contribution in [0.15, 0.2) is 36.4 Å². The molecule has 128 valence electrons. The van der Waals surface area contributed by atoms with E-state index in [1.807, 2.05) is 13.8 Å². The summed E-state index contributed by atoms with van der Waals surface area (Å²) in [5.41, 5.74) is 1.57. The number of rotatable bonds is 4. The first-order valence-electron chi connectivity index (χ1n) is 7.25. The SMILES string of the molecule is C[C@H](NC(=O)N[C@@H](C)c1ccc(Cl)cc1Cl)c1ccc(Cl)cc1Cl. The highest BCUT2D eigenvalue weighted by atomic mass is 35.5. The predicted octanol–water partition coefficient (Wildman–Crippen LogP) is 6.42. The summed E-state index contributed by atoms with van der Waals surface area (Å²) in [7, 11) is 0. The van der Waals surface area contributed by atoms with Gasteiger partial charge in [-0.15, -0.1) is 0 Å². The molecule has 0 saturated heterocycles. The summed E-state index contributed by atoms with van der Waals surface area (Å²) < 4.78 is 0. The molecule has 2 atom stereocenters. The largest absolute Gasteiger partial charge is 0.332 e. The van der Waals surface area contributed by atoms with Gasteiger partial charge in [-0.05, 0) is 49.2 Å². The van der Waals surface area contributed by atoms with Crippen molar-refractivity contribution in [2.24, 2.45) is 0 Å². The number of nitrogens with one attached hydrogen (secondary N) is 2. The van der Waals surface area contributed by atoms with Crippen LogP contribution in [0.5, 0.6) is 0 Å². The second-order valence-electron chi connectivity index (χ2n) is 5.39. The monoisotopic (exact) mass is 404 g/mol. The van der Waals surface area contributed by atoms with Gasteiger partial charge >= 0.3 is 6.03 Å². The highest BCUT2D eigenvalue weighted by molar-refractivity contribution is 6.35. The van der Waals surface area contributed by atoms with E-state index in [1.165, 1.54) is 0 Å². The van der Waals surface area contributed by atoms with Gasteiger partial charge in [-0.1, -0.05) is 58.5 Å². The summed E-state index contributed by atoms with van der Waals surface area (Å²) >= 11 is 24.1. The molecule has 7 heteroatoms. The van der Waals surface area contributed by atoms with Crippen molar-refractivity contribution in [2.45, 2.75) is 25.9 Å². The van der Waals surface area contributed by atoms with Gasteiger partial charge in [0.05, 0.1) is 12.1 Å². The van der Waals surface area contributed by atoms with Gasteiger partial charge in [0.2, 0.25) is 0 Å². The predicted molar refractivity (Wildman–Crippen MR) is 101 cm³/mol. The second-order valence-corrected chi connectivity index (χ2v) is 7.08. The lowest BCUT2D eigenvalue weighted by molar-refractivity contribution is 0.235. The molecule has 2 aromatic carbocycles. The van der Waals surface area contributed by atoms with Crippen molar-refractivity contribution in [3.05, 3.63) is 67.6 Å². The molecule has 2 rings (SSSR count). The van der Waals surface area contributed by atoms with Crippen LogP contribution in [0.4, 0.5) is 4.79 Å². The summed E-state index contributed by atoms with van der Waals surface area (Å²) in [6, 6.07) is 9.45. The molecule has 3 nitrogen and oxygen atoms in total. The number of amides is 2. The van der Waals surface area contributed by atoms with Crippen molar-refractivity contribution in [3.8, 4) is 0 Å². The molecule has 0 fully saturated rings. The van der Waals surface area contributed by atoms with Crippen molar-refractivity contribution in [3.63, 3.8) is 0 Å². The van der Waals surface area contributed by atoms with Crippen molar-refractivity contribution < 1.29 is 4.79 Å². The maximum absolute atomic E-state index is 12.2. The average Bonchev–Trinajstić information content (AvgIpc) is 2.46. The van der Waals surface area contributed by atoms with Crippen molar-refractivity contribution in [1.29, 1.82) is 0 Å². The molecular weight excluding hydrogens is 390 g/mol. The van der Waals surface area contributed by atoms with Crippen LogP contribution in [-0.2, 0) is 0 Å². The van der Waals surface area contributed by atoms with Gasteiger partial charge < -0.3 is 10.6 Å². The van der Waals surface area contributed by atoms with Crippen molar-refractivity contribution in [1.82, 2.24) is 10.6 Å². The van der Waals surface area contributed by atoms with E-state index in [0.29, 0.717) is 20.1 Å². The molecule has 0 aliphatic heterocycles. The fourth-order valence-corrected chi connectivity index (χ4v) is 3.44. The Morgan fingerprint density at radius 2 is 1.17 bits per heavy atom. The maximum Gasteiger partial charge on any atom is 0.315 e. The Kier molecular flexibility index (Phi) is 6.64. The average molecular weight is 406 g/mol. The Hall–Kier alpha value is -1.13. The fourth-order valence-electron chi connectivity index (χ4n) is 2.30. The number of hydrogen-bond donors (Lipinski definition) is 2. The smallest absolute Gasteiger partial charge is 0.315 e. The number of halogens is 4. The summed E-state index contributed by atoms with van der Waals surface area (Å²) in [5.74, 6) is 0. The van der Waals surface area contributed by atoms with E-state index in [-0.39, 0.29) is 18.1 Å². The normalized spacial score (nSPS) is 13.2. The molecule has 2 N–H and O–H groups in total. The van der Waals surface area contributed by atoms with Crippen molar-refractivity contribution >= 4 is 52.4 Å². The molecule has 0 aliphatic carbocycles. The highest BCUT2D eigenvalue weighted by Gasteiger charge is 2.16. The molecule has 24 heavy (non-hydrogen) atoms. The molecular formula is C17H16Cl4N2O. The Bertz CT molecular complexity index is 690. The third-order valence-electron chi connectivity index (χ3n) is 3.55. The second kappa shape index (κ2) is 8.30. The van der Waals surface area contributed by atoms with E-state index in [1.54, 1.807) is 36.4 Å². The van der Waals surface area contributed by atoms with Crippen LogP contribution in [0.3, 0.4) is 0 Å². The lowest BCUT2D eigenvalue weighted by Gasteiger charge is -2.20. The van der Waals surface area contributed by atoms with Gasteiger partial charge in [-0.3, -0.25) is 0 Å². The Labute approximate surface area is 161 Å². The lowest BCUT2D eigenvalue weighted by atomic mass is 10.1. The van der Waals surface area contributed by atoms with Gasteiger partial charge in [0.1, 0.15) is 0 Å². The molecule has 0 aliphatic rings. The molecule has 0 heterocycles. The molecule has 0 saturated carbocycles. The molecule has 2 aromatic rings. The van der Waals surface area contributed by atoms with Gasteiger partial charge in [-0.2, -0.15) is 0 Å². The first-order chi connectivity index (χ1) is 11.3. The molecule has 0 spiro atoms. The van der Waals surface area contributed by atoms with E-state index in [0.717, 1.165) is 11.1 Å². The number of hydrogen-bond acceptors (Lipinski definition) is 1. The Balaban J connectivity index is 2.01. The number of carbonyl (C=O) groups excluding carboxylic acids is 1. The third kappa shape index (κ3) is 4.93. The van der Waals surface area contributed by atoms with E-state index in [9.17, 15) is 4.79 Å². The van der Waals surface area contributed by atoms with Crippen LogP contribution in [0, 0.1) is 0 Å². The zero-order valence-electron chi connectivity index (χ0n) is 13.0. The van der Waals surface area contributed by atoms with E-state index in [4.69, 9.17) is 46.4 Å². The molecule has 2 amide bonds. The van der Waals surface area contributed by atoms with Crippen LogP contribution in [0.2, 0.25) is 20.1 Å². The quantitative estimate of drug-likeness (QED) is 0.605.